The highest BCUT2D eigenvalue weighted by molar-refractivity contribution is 15.0. The van der Waals surface area contributed by atoms with Crippen molar-refractivity contribution in [2.45, 2.75) is 92.9 Å². The average Bonchev–Trinajstić information content (AvgIpc) is 2.63. The van der Waals surface area contributed by atoms with Crippen molar-refractivity contribution in [3.8, 4) is 0 Å². The summed E-state index contributed by atoms with van der Waals surface area (Å²) >= 11 is 4.24. The summed E-state index contributed by atoms with van der Waals surface area (Å²) in [4.78, 5) is 0. The summed E-state index contributed by atoms with van der Waals surface area (Å²) in [6, 6.07) is 4.88. The van der Waals surface area contributed by atoms with E-state index in [0.29, 0.717) is 0 Å². The Kier molecular flexibility index (Phi) is 11.7. The van der Waals surface area contributed by atoms with E-state index in [2.05, 4.69) is 77.1 Å². The van der Waals surface area contributed by atoms with E-state index in [1.54, 1.807) is 5.56 Å². The molecular weight excluding hydrogens is 542 g/mol. The Bertz CT molecular complexity index is 498. The molecule has 0 nitrogen and oxygen atoms in total. The van der Waals surface area contributed by atoms with Crippen LogP contribution in [0.15, 0.2) is 12.1 Å². The number of aryl methyl sites for hydroxylation is 2. The van der Waals surface area contributed by atoms with Gasteiger partial charge < -0.3 is 0 Å². The van der Waals surface area contributed by atoms with Gasteiger partial charge in [0, 0.05) is 37.2 Å². The molecule has 2 aliphatic carbocycles. The summed E-state index contributed by atoms with van der Waals surface area (Å²) in [6.07, 6.45) is 13.3. The molecule has 0 heterocycles. The van der Waals surface area contributed by atoms with E-state index in [-0.39, 0.29) is 7.43 Å². The first-order valence-corrected chi connectivity index (χ1v) is 16.5. The normalized spacial score (nSPS) is 28.5. The molecule has 1 aromatic rings. The Hall–Kier alpha value is 0.680. The fourth-order valence-corrected chi connectivity index (χ4v) is 5.20. The second-order valence-electron chi connectivity index (χ2n) is 8.86. The zero-order valence-electron chi connectivity index (χ0n) is 16.6. The van der Waals surface area contributed by atoms with Gasteiger partial charge in [-0.05, 0) is 112 Å². The van der Waals surface area contributed by atoms with Gasteiger partial charge in [0.25, 0.3) is 0 Å². The fraction of sp³-hybridized carbons (Fsp3) is 0.750. The number of hydrogen-bond donors (Lipinski definition) is 0. The highest BCUT2D eigenvalue weighted by Gasteiger charge is 2.29. The lowest BCUT2D eigenvalue weighted by Crippen LogP contribution is -2.25. The molecule has 0 aromatic heterocycles. The average molecular weight is 582 g/mol. The van der Waals surface area contributed by atoms with Crippen LogP contribution in [0.4, 0.5) is 0 Å². The third-order valence-corrected chi connectivity index (χ3v) is 7.13. The van der Waals surface area contributed by atoms with Crippen LogP contribution in [0.1, 0.15) is 88.0 Å². The largest absolute Gasteiger partial charge is 0.0776 e. The van der Waals surface area contributed by atoms with Gasteiger partial charge in [-0.15, -0.1) is 0 Å². The van der Waals surface area contributed by atoms with Crippen LogP contribution in [-0.2, 0) is 6.42 Å². The maximum atomic E-state index is 2.44. The molecule has 150 valence electrons. The van der Waals surface area contributed by atoms with Crippen LogP contribution in [-0.4, -0.2) is 0 Å². The molecule has 2 aliphatic rings. The fourth-order valence-electron chi connectivity index (χ4n) is 5.20. The van der Waals surface area contributed by atoms with Crippen molar-refractivity contribution >= 4 is 37.2 Å². The second kappa shape index (κ2) is 12.3. The van der Waals surface area contributed by atoms with Gasteiger partial charge >= 0.3 is 0 Å². The molecule has 0 saturated heterocycles. The first kappa shape index (κ1) is 24.7. The molecule has 0 radical (unpaired) electrons. The Morgan fingerprint density at radius 2 is 1.19 bits per heavy atom. The number of hydrogen-bond acceptors (Lipinski definition) is 0. The Morgan fingerprint density at radius 3 is 1.65 bits per heavy atom. The van der Waals surface area contributed by atoms with E-state index in [0.717, 1.165) is 23.7 Å². The van der Waals surface area contributed by atoms with E-state index >= 15 is 0 Å². The minimum atomic E-state index is 0. The molecule has 26 heavy (non-hydrogen) atoms. The molecular formula is C24H40I2. The Labute approximate surface area is 187 Å². The van der Waals surface area contributed by atoms with Crippen molar-refractivity contribution in [2.75, 3.05) is 0 Å². The molecule has 0 unspecified atom stereocenters. The lowest BCUT2D eigenvalue weighted by Gasteiger charge is -2.37. The van der Waals surface area contributed by atoms with Crippen LogP contribution in [0.25, 0.3) is 0 Å². The third-order valence-electron chi connectivity index (χ3n) is 7.13. The van der Waals surface area contributed by atoms with Crippen LogP contribution in [0.3, 0.4) is 0 Å². The van der Waals surface area contributed by atoms with Crippen LogP contribution in [0.2, 0.25) is 0 Å². The lowest BCUT2D eigenvalue weighted by atomic mass is 9.69. The summed E-state index contributed by atoms with van der Waals surface area (Å²) in [5.74, 6) is 4.06. The molecule has 3 rings (SSSR count). The molecule has 1 aromatic carbocycles. The molecule has 2 saturated carbocycles. The van der Waals surface area contributed by atoms with Gasteiger partial charge in [-0.1, -0.05) is 39.3 Å². The molecule has 0 spiro atoms. The minimum Gasteiger partial charge on any atom is -0.0776 e. The predicted octanol–water partition coefficient (Wildman–Crippen LogP) is 9.19. The summed E-state index contributed by atoms with van der Waals surface area (Å²) < 4.78 is 0. The van der Waals surface area contributed by atoms with Gasteiger partial charge in [-0.3, -0.25) is 0 Å². The van der Waals surface area contributed by atoms with E-state index in [1.165, 1.54) is 74.5 Å². The van der Waals surface area contributed by atoms with Gasteiger partial charge in [-0.2, -0.15) is 0 Å². The van der Waals surface area contributed by atoms with Crippen molar-refractivity contribution in [3.05, 3.63) is 34.4 Å². The van der Waals surface area contributed by atoms with Crippen molar-refractivity contribution < 1.29 is 0 Å². The monoisotopic (exact) mass is 582 g/mol. The minimum absolute atomic E-state index is 0. The van der Waals surface area contributed by atoms with Gasteiger partial charge in [0.2, 0.25) is 0 Å². The zero-order chi connectivity index (χ0) is 18.4. The SMILES string of the molecule is C.Cc1cc(CC2CCC(C3CCC(C)CC3)CC2)cc(C)c1C.II. The lowest BCUT2D eigenvalue weighted by molar-refractivity contribution is 0.150. The molecule has 0 atom stereocenters. The zero-order valence-corrected chi connectivity index (χ0v) is 20.9. The van der Waals surface area contributed by atoms with Crippen molar-refractivity contribution in [1.29, 1.82) is 0 Å². The number of halogens is 2. The molecule has 0 N–H and O–H groups in total. The van der Waals surface area contributed by atoms with Crippen LogP contribution < -0.4 is 0 Å². The van der Waals surface area contributed by atoms with Gasteiger partial charge in [-0.25, -0.2) is 0 Å². The quantitative estimate of drug-likeness (QED) is 0.312. The number of rotatable bonds is 3. The Balaban J connectivity index is 0.00000109. The summed E-state index contributed by atoms with van der Waals surface area (Å²) in [5, 5.41) is 0. The second-order valence-corrected chi connectivity index (χ2v) is 8.86. The van der Waals surface area contributed by atoms with E-state index in [4.69, 9.17) is 0 Å². The molecule has 0 amide bonds. The Morgan fingerprint density at radius 1 is 0.769 bits per heavy atom. The standard InChI is InChI=1S/C23H36.CH4.I2/c1-16-5-9-22(10-6-16)23-11-7-20(8-12-23)15-21-13-17(2)19(4)18(3)14-21;;1-2/h13-14,16,20,22-23H,5-12,15H2,1-4H3;1H4;. The molecule has 2 heteroatoms. The van der Waals surface area contributed by atoms with E-state index in [9.17, 15) is 0 Å². The van der Waals surface area contributed by atoms with Crippen molar-refractivity contribution in [1.82, 2.24) is 0 Å². The van der Waals surface area contributed by atoms with Crippen LogP contribution >= 0.6 is 37.2 Å². The third kappa shape index (κ3) is 6.93. The maximum Gasteiger partial charge on any atom is 0 e. The van der Waals surface area contributed by atoms with Crippen molar-refractivity contribution in [2.24, 2.45) is 23.7 Å². The molecule has 0 bridgehead atoms. The van der Waals surface area contributed by atoms with E-state index < -0.39 is 0 Å². The van der Waals surface area contributed by atoms with Gasteiger partial charge in [0.05, 0.1) is 0 Å². The maximum absolute atomic E-state index is 2.44. The smallest absolute Gasteiger partial charge is 0 e. The predicted molar refractivity (Wildman–Crippen MR) is 136 cm³/mol. The summed E-state index contributed by atoms with van der Waals surface area (Å²) in [5.41, 5.74) is 6.01. The van der Waals surface area contributed by atoms with Crippen LogP contribution in [0, 0.1) is 44.4 Å². The summed E-state index contributed by atoms with van der Waals surface area (Å²) in [6.45, 7) is 9.24. The molecule has 2 fully saturated rings. The number of benzene rings is 1. The van der Waals surface area contributed by atoms with Crippen LogP contribution in [0.5, 0.6) is 0 Å². The van der Waals surface area contributed by atoms with Gasteiger partial charge in [0.15, 0.2) is 0 Å². The summed E-state index contributed by atoms with van der Waals surface area (Å²) in [7, 11) is 0. The highest BCUT2D eigenvalue weighted by Crippen LogP contribution is 2.41. The highest BCUT2D eigenvalue weighted by atomic mass is 128. The van der Waals surface area contributed by atoms with E-state index in [1.807, 2.05) is 0 Å². The first-order valence-electron chi connectivity index (χ1n) is 10.2. The first-order chi connectivity index (χ1) is 12.0. The van der Waals surface area contributed by atoms with Gasteiger partial charge in [0.1, 0.15) is 0 Å². The van der Waals surface area contributed by atoms with Crippen molar-refractivity contribution in [3.63, 3.8) is 0 Å². The molecule has 0 aliphatic heterocycles. The topological polar surface area (TPSA) is 0 Å².